The molecule has 1 unspecified atom stereocenters. The largest absolute Gasteiger partial charge is 0.335 e. The van der Waals surface area contributed by atoms with Gasteiger partial charge in [-0.05, 0) is 51.5 Å². The second kappa shape index (κ2) is 7.49. The fourth-order valence-corrected chi connectivity index (χ4v) is 4.46. The first-order valence-corrected chi connectivity index (χ1v) is 10.2. The van der Waals surface area contributed by atoms with Crippen LogP contribution in [-0.2, 0) is 0 Å². The SMILES string of the molecule is Cc1ccc(-n2c([C@H](C)[NH+]3CC[NH2+][C@H](C)C3)nc3ccccc3c2=O)c(C)c1. The van der Waals surface area contributed by atoms with Gasteiger partial charge >= 0.3 is 0 Å². The number of fused-ring (bicyclic) bond motifs is 1. The van der Waals surface area contributed by atoms with Crippen molar-refractivity contribution in [1.82, 2.24) is 9.55 Å². The van der Waals surface area contributed by atoms with E-state index in [1.165, 1.54) is 10.5 Å². The molecule has 5 heteroatoms. The first kappa shape index (κ1) is 18.8. The molecule has 5 nitrogen and oxygen atoms in total. The van der Waals surface area contributed by atoms with E-state index in [2.05, 4.69) is 51.2 Å². The Morgan fingerprint density at radius 3 is 2.75 bits per heavy atom. The number of nitrogens with one attached hydrogen (secondary N) is 1. The van der Waals surface area contributed by atoms with Crippen LogP contribution in [0.1, 0.15) is 36.8 Å². The molecule has 1 aliphatic rings. The van der Waals surface area contributed by atoms with Crippen molar-refractivity contribution < 1.29 is 10.2 Å². The number of aromatic nitrogens is 2. The molecule has 3 N–H and O–H groups in total. The lowest BCUT2D eigenvalue weighted by Gasteiger charge is -2.32. The smallest absolute Gasteiger partial charge is 0.266 e. The van der Waals surface area contributed by atoms with Crippen LogP contribution in [0.4, 0.5) is 0 Å². The van der Waals surface area contributed by atoms with Gasteiger partial charge in [-0.3, -0.25) is 9.36 Å². The van der Waals surface area contributed by atoms with Crippen LogP contribution >= 0.6 is 0 Å². The van der Waals surface area contributed by atoms with Crippen LogP contribution in [0.2, 0.25) is 0 Å². The second-order valence-corrected chi connectivity index (χ2v) is 8.25. The fourth-order valence-electron chi connectivity index (χ4n) is 4.46. The van der Waals surface area contributed by atoms with Crippen LogP contribution in [-0.4, -0.2) is 35.2 Å². The summed E-state index contributed by atoms with van der Waals surface area (Å²) in [5.74, 6) is 0.861. The van der Waals surface area contributed by atoms with Crippen molar-refractivity contribution in [1.29, 1.82) is 0 Å². The lowest BCUT2D eigenvalue weighted by Crippen LogP contribution is -3.22. The van der Waals surface area contributed by atoms with E-state index in [4.69, 9.17) is 4.98 Å². The van der Waals surface area contributed by atoms with Gasteiger partial charge in [0.25, 0.3) is 5.56 Å². The predicted molar refractivity (Wildman–Crippen MR) is 112 cm³/mol. The lowest BCUT2D eigenvalue weighted by atomic mass is 10.1. The van der Waals surface area contributed by atoms with E-state index in [1.54, 1.807) is 0 Å². The van der Waals surface area contributed by atoms with E-state index in [0.717, 1.165) is 42.2 Å². The Bertz CT molecular complexity index is 1070. The highest BCUT2D eigenvalue weighted by Gasteiger charge is 2.31. The molecule has 2 heterocycles. The summed E-state index contributed by atoms with van der Waals surface area (Å²) in [7, 11) is 0. The summed E-state index contributed by atoms with van der Waals surface area (Å²) in [5.41, 5.74) is 4.04. The lowest BCUT2D eigenvalue weighted by molar-refractivity contribution is -0.979. The number of piperazine rings is 1. The summed E-state index contributed by atoms with van der Waals surface area (Å²) in [6.07, 6.45) is 0. The van der Waals surface area contributed by atoms with Crippen LogP contribution in [0.25, 0.3) is 16.6 Å². The van der Waals surface area contributed by atoms with Gasteiger partial charge in [0.05, 0.1) is 16.6 Å². The van der Waals surface area contributed by atoms with Crippen molar-refractivity contribution in [3.8, 4) is 5.69 Å². The van der Waals surface area contributed by atoms with Crippen molar-refractivity contribution in [2.75, 3.05) is 19.6 Å². The summed E-state index contributed by atoms with van der Waals surface area (Å²) in [6.45, 7) is 11.9. The highest BCUT2D eigenvalue weighted by molar-refractivity contribution is 5.78. The van der Waals surface area contributed by atoms with Crippen molar-refractivity contribution in [3.63, 3.8) is 0 Å². The van der Waals surface area contributed by atoms with Crippen molar-refractivity contribution in [2.24, 2.45) is 0 Å². The van der Waals surface area contributed by atoms with Gasteiger partial charge in [-0.1, -0.05) is 29.8 Å². The molecule has 28 heavy (non-hydrogen) atoms. The summed E-state index contributed by atoms with van der Waals surface area (Å²) >= 11 is 0. The van der Waals surface area contributed by atoms with E-state index in [1.807, 2.05) is 28.8 Å². The molecule has 0 radical (unpaired) electrons. The van der Waals surface area contributed by atoms with Crippen molar-refractivity contribution >= 4 is 10.9 Å². The third kappa shape index (κ3) is 3.36. The topological polar surface area (TPSA) is 55.9 Å². The maximum absolute atomic E-state index is 13.5. The molecule has 0 spiro atoms. The van der Waals surface area contributed by atoms with Crippen molar-refractivity contribution in [3.05, 3.63) is 69.8 Å². The van der Waals surface area contributed by atoms with Crippen molar-refractivity contribution in [2.45, 2.75) is 39.8 Å². The van der Waals surface area contributed by atoms with Gasteiger partial charge in [0, 0.05) is 0 Å². The van der Waals surface area contributed by atoms with E-state index in [9.17, 15) is 4.79 Å². The van der Waals surface area contributed by atoms with E-state index in [0.29, 0.717) is 11.4 Å². The number of quaternary nitrogens is 2. The minimum atomic E-state index is 0.0235. The number of nitrogens with two attached hydrogens (primary N) is 1. The summed E-state index contributed by atoms with van der Waals surface area (Å²) in [4.78, 5) is 20.0. The van der Waals surface area contributed by atoms with Gasteiger partial charge in [0.1, 0.15) is 31.7 Å². The maximum Gasteiger partial charge on any atom is 0.266 e. The molecule has 0 amide bonds. The summed E-state index contributed by atoms with van der Waals surface area (Å²) in [5, 5.41) is 3.08. The monoisotopic (exact) mass is 378 g/mol. The third-order valence-corrected chi connectivity index (χ3v) is 6.01. The molecule has 1 saturated heterocycles. The summed E-state index contributed by atoms with van der Waals surface area (Å²) < 4.78 is 1.86. The van der Waals surface area contributed by atoms with Gasteiger partial charge in [-0.2, -0.15) is 0 Å². The number of nitrogens with zero attached hydrogens (tertiary/aromatic N) is 2. The van der Waals surface area contributed by atoms with Crippen LogP contribution in [0.3, 0.4) is 0 Å². The molecule has 1 fully saturated rings. The Balaban J connectivity index is 1.94. The van der Waals surface area contributed by atoms with Crippen LogP contribution in [0.15, 0.2) is 47.3 Å². The quantitative estimate of drug-likeness (QED) is 0.712. The Morgan fingerprint density at radius 2 is 2.00 bits per heavy atom. The number of aryl methyl sites for hydroxylation is 2. The second-order valence-electron chi connectivity index (χ2n) is 8.25. The molecule has 1 aliphatic heterocycles. The Labute approximate surface area is 166 Å². The molecule has 0 aliphatic carbocycles. The number of benzene rings is 2. The number of para-hydroxylation sites is 1. The molecular weight excluding hydrogens is 348 g/mol. The first-order valence-electron chi connectivity index (χ1n) is 10.2. The fraction of sp³-hybridized carbons (Fsp3) is 0.391. The summed E-state index contributed by atoms with van der Waals surface area (Å²) in [6, 6.07) is 14.7. The minimum absolute atomic E-state index is 0.0235. The predicted octanol–water partition coefficient (Wildman–Crippen LogP) is 0.914. The zero-order valence-electron chi connectivity index (χ0n) is 17.2. The molecular formula is C23H30N4O+2. The molecule has 1 aromatic heterocycles. The standard InChI is InChI=1S/C23H28N4O/c1-15-9-10-21(16(2)13-15)27-22(18(4)26-12-11-24-17(3)14-26)25-20-8-6-5-7-19(20)23(27)28/h5-10,13,17-18,24H,11-12,14H2,1-4H3/p+2/t17-,18+/m1/s1. The number of hydrogen-bond donors (Lipinski definition) is 2. The van der Waals surface area contributed by atoms with Gasteiger partial charge < -0.3 is 10.2 Å². The molecule has 4 rings (SSSR count). The van der Waals surface area contributed by atoms with Gasteiger partial charge in [0.2, 0.25) is 0 Å². The average molecular weight is 379 g/mol. The Kier molecular flexibility index (Phi) is 5.04. The van der Waals surface area contributed by atoms with Crippen LogP contribution in [0, 0.1) is 13.8 Å². The number of hydrogen-bond acceptors (Lipinski definition) is 2. The zero-order chi connectivity index (χ0) is 19.8. The van der Waals surface area contributed by atoms with Gasteiger partial charge in [0.15, 0.2) is 5.82 Å². The highest BCUT2D eigenvalue weighted by Crippen LogP contribution is 2.20. The molecule has 2 aromatic carbocycles. The molecule has 3 atom stereocenters. The third-order valence-electron chi connectivity index (χ3n) is 6.01. The Morgan fingerprint density at radius 1 is 1.21 bits per heavy atom. The molecule has 146 valence electrons. The average Bonchev–Trinajstić information content (AvgIpc) is 2.68. The molecule has 0 bridgehead atoms. The van der Waals surface area contributed by atoms with E-state index >= 15 is 0 Å². The Hall–Kier alpha value is -2.50. The highest BCUT2D eigenvalue weighted by atomic mass is 16.1. The van der Waals surface area contributed by atoms with Crippen LogP contribution < -0.4 is 15.8 Å². The van der Waals surface area contributed by atoms with Crippen LogP contribution in [0.5, 0.6) is 0 Å². The maximum atomic E-state index is 13.5. The molecule has 0 saturated carbocycles. The first-order chi connectivity index (χ1) is 13.5. The van der Waals surface area contributed by atoms with E-state index < -0.39 is 0 Å². The minimum Gasteiger partial charge on any atom is -0.335 e. The normalized spacial score (nSPS) is 21.0. The number of rotatable bonds is 3. The molecule has 3 aromatic rings. The van der Waals surface area contributed by atoms with E-state index in [-0.39, 0.29) is 11.6 Å². The van der Waals surface area contributed by atoms with Gasteiger partial charge in [-0.15, -0.1) is 0 Å². The van der Waals surface area contributed by atoms with Gasteiger partial charge in [-0.25, -0.2) is 4.98 Å². The zero-order valence-corrected chi connectivity index (χ0v) is 17.2.